The first kappa shape index (κ1) is 15.2. The zero-order chi connectivity index (χ0) is 15.7. The molecule has 120 valence electrons. The van der Waals surface area contributed by atoms with Crippen LogP contribution in [-0.2, 0) is 11.0 Å². The van der Waals surface area contributed by atoms with Gasteiger partial charge >= 0.3 is 6.18 Å². The van der Waals surface area contributed by atoms with E-state index in [1.54, 1.807) is 0 Å². The lowest BCUT2D eigenvalue weighted by molar-refractivity contribution is -0.137. The van der Waals surface area contributed by atoms with Crippen molar-refractivity contribution >= 4 is 5.91 Å². The van der Waals surface area contributed by atoms with Crippen molar-refractivity contribution in [3.63, 3.8) is 0 Å². The molecule has 1 aromatic carbocycles. The van der Waals surface area contributed by atoms with Gasteiger partial charge in [-0.05, 0) is 49.3 Å². The first-order valence-electron chi connectivity index (χ1n) is 7.51. The highest BCUT2D eigenvalue weighted by Crippen LogP contribution is 2.44. The van der Waals surface area contributed by atoms with Crippen molar-refractivity contribution in [1.82, 2.24) is 5.32 Å². The Hall–Kier alpha value is -1.72. The molecule has 1 N–H and O–H groups in total. The first-order valence-corrected chi connectivity index (χ1v) is 7.51. The molecule has 3 unspecified atom stereocenters. The van der Waals surface area contributed by atoms with E-state index in [2.05, 4.69) is 5.32 Å². The third kappa shape index (κ3) is 3.36. The van der Waals surface area contributed by atoms with Gasteiger partial charge in [0.1, 0.15) is 5.75 Å². The topological polar surface area (TPSA) is 38.3 Å². The maximum absolute atomic E-state index is 12.6. The molecular formula is C16H18F3NO2. The summed E-state index contributed by atoms with van der Waals surface area (Å²) in [4.78, 5) is 11.9. The van der Waals surface area contributed by atoms with Gasteiger partial charge in [-0.25, -0.2) is 0 Å². The quantitative estimate of drug-likeness (QED) is 0.925. The van der Waals surface area contributed by atoms with Crippen molar-refractivity contribution in [1.29, 1.82) is 0 Å². The number of carbonyl (C=O) groups is 1. The zero-order valence-corrected chi connectivity index (χ0v) is 12.0. The second-order valence-electron chi connectivity index (χ2n) is 6.16. The van der Waals surface area contributed by atoms with Gasteiger partial charge in [0, 0.05) is 6.04 Å². The molecule has 2 saturated carbocycles. The van der Waals surface area contributed by atoms with E-state index in [9.17, 15) is 18.0 Å². The van der Waals surface area contributed by atoms with Crippen LogP contribution in [0.5, 0.6) is 5.75 Å². The van der Waals surface area contributed by atoms with Gasteiger partial charge in [-0.15, -0.1) is 0 Å². The van der Waals surface area contributed by atoms with Gasteiger partial charge in [0.25, 0.3) is 5.91 Å². The molecule has 0 radical (unpaired) electrons. The molecule has 1 amide bonds. The van der Waals surface area contributed by atoms with Crippen molar-refractivity contribution in [2.75, 3.05) is 6.61 Å². The van der Waals surface area contributed by atoms with Crippen LogP contribution in [0.15, 0.2) is 24.3 Å². The third-order valence-corrected chi connectivity index (χ3v) is 4.62. The lowest BCUT2D eigenvalue weighted by Gasteiger charge is -2.22. The Kier molecular flexibility index (Phi) is 4.02. The summed E-state index contributed by atoms with van der Waals surface area (Å²) >= 11 is 0. The normalized spacial score (nSPS) is 27.0. The van der Waals surface area contributed by atoms with Crippen molar-refractivity contribution in [3.8, 4) is 5.75 Å². The van der Waals surface area contributed by atoms with Crippen LogP contribution in [0, 0.1) is 11.8 Å². The van der Waals surface area contributed by atoms with E-state index in [4.69, 9.17) is 4.74 Å². The van der Waals surface area contributed by atoms with Crippen LogP contribution in [0.3, 0.4) is 0 Å². The van der Waals surface area contributed by atoms with Crippen molar-refractivity contribution in [3.05, 3.63) is 29.8 Å². The van der Waals surface area contributed by atoms with E-state index in [1.807, 2.05) is 0 Å². The largest absolute Gasteiger partial charge is 0.484 e. The fourth-order valence-corrected chi connectivity index (χ4v) is 3.58. The summed E-state index contributed by atoms with van der Waals surface area (Å²) in [6, 6.07) is 4.77. The Morgan fingerprint density at radius 1 is 1.27 bits per heavy atom. The molecule has 0 saturated heterocycles. The number of fused-ring (bicyclic) bond motifs is 2. The summed E-state index contributed by atoms with van der Waals surface area (Å²) < 4.78 is 42.9. The second-order valence-corrected chi connectivity index (χ2v) is 6.16. The predicted molar refractivity (Wildman–Crippen MR) is 74.3 cm³/mol. The third-order valence-electron chi connectivity index (χ3n) is 4.62. The van der Waals surface area contributed by atoms with Crippen LogP contribution in [0.4, 0.5) is 13.2 Å². The lowest BCUT2D eigenvalue weighted by Crippen LogP contribution is -2.40. The fourth-order valence-electron chi connectivity index (χ4n) is 3.58. The highest BCUT2D eigenvalue weighted by Gasteiger charge is 2.40. The molecule has 0 spiro atoms. The van der Waals surface area contributed by atoms with Crippen molar-refractivity contribution in [2.24, 2.45) is 11.8 Å². The Morgan fingerprint density at radius 3 is 2.73 bits per heavy atom. The van der Waals surface area contributed by atoms with E-state index in [0.29, 0.717) is 5.92 Å². The van der Waals surface area contributed by atoms with E-state index in [-0.39, 0.29) is 24.3 Å². The van der Waals surface area contributed by atoms with Gasteiger partial charge < -0.3 is 10.1 Å². The SMILES string of the molecule is O=C(COc1cccc(C(F)(F)F)c1)NC1CC2CCC1C2. The number of halogens is 3. The number of alkyl halides is 3. The van der Waals surface area contributed by atoms with Crippen LogP contribution >= 0.6 is 0 Å². The molecule has 1 aromatic rings. The molecule has 22 heavy (non-hydrogen) atoms. The summed E-state index contributed by atoms with van der Waals surface area (Å²) in [6.45, 7) is -0.255. The lowest BCUT2D eigenvalue weighted by atomic mass is 9.95. The van der Waals surface area contributed by atoms with Gasteiger partial charge in [-0.3, -0.25) is 4.79 Å². The first-order chi connectivity index (χ1) is 10.4. The second kappa shape index (κ2) is 5.82. The molecule has 3 nitrogen and oxygen atoms in total. The molecule has 3 atom stereocenters. The Morgan fingerprint density at radius 2 is 2.09 bits per heavy atom. The van der Waals surface area contributed by atoms with Gasteiger partial charge in [-0.1, -0.05) is 12.5 Å². The monoisotopic (exact) mass is 313 g/mol. The molecule has 2 aliphatic rings. The van der Waals surface area contributed by atoms with Crippen LogP contribution in [0.2, 0.25) is 0 Å². The smallest absolute Gasteiger partial charge is 0.416 e. The average Bonchev–Trinajstić information content (AvgIpc) is 3.07. The highest BCUT2D eigenvalue weighted by molar-refractivity contribution is 5.78. The number of ether oxygens (including phenoxy) is 1. The van der Waals surface area contributed by atoms with Gasteiger partial charge in [0.05, 0.1) is 5.56 Å². The van der Waals surface area contributed by atoms with E-state index >= 15 is 0 Å². The van der Waals surface area contributed by atoms with Crippen molar-refractivity contribution < 1.29 is 22.7 Å². The number of hydrogen-bond acceptors (Lipinski definition) is 2. The minimum Gasteiger partial charge on any atom is -0.484 e. The molecule has 2 aliphatic carbocycles. The molecule has 2 bridgehead atoms. The molecule has 6 heteroatoms. The zero-order valence-electron chi connectivity index (χ0n) is 12.0. The minimum atomic E-state index is -4.41. The maximum Gasteiger partial charge on any atom is 0.416 e. The summed E-state index contributed by atoms with van der Waals surface area (Å²) in [7, 11) is 0. The Labute approximate surface area is 126 Å². The van der Waals surface area contributed by atoms with Crippen LogP contribution in [0.1, 0.15) is 31.2 Å². The minimum absolute atomic E-state index is 0.0536. The summed E-state index contributed by atoms with van der Waals surface area (Å²) in [6.07, 6.45) is 0.186. The van der Waals surface area contributed by atoms with Gasteiger partial charge in [0.2, 0.25) is 0 Å². The number of benzene rings is 1. The van der Waals surface area contributed by atoms with E-state index in [1.165, 1.54) is 25.0 Å². The van der Waals surface area contributed by atoms with E-state index < -0.39 is 11.7 Å². The van der Waals surface area contributed by atoms with Gasteiger partial charge in [0.15, 0.2) is 6.61 Å². The van der Waals surface area contributed by atoms with Crippen LogP contribution in [0.25, 0.3) is 0 Å². The molecule has 3 rings (SSSR count). The van der Waals surface area contributed by atoms with Crippen LogP contribution in [-0.4, -0.2) is 18.6 Å². The number of rotatable bonds is 4. The fraction of sp³-hybridized carbons (Fsp3) is 0.562. The maximum atomic E-state index is 12.6. The number of nitrogens with one attached hydrogen (secondary N) is 1. The molecule has 2 fully saturated rings. The number of hydrogen-bond donors (Lipinski definition) is 1. The van der Waals surface area contributed by atoms with Gasteiger partial charge in [-0.2, -0.15) is 13.2 Å². The van der Waals surface area contributed by atoms with E-state index in [0.717, 1.165) is 30.9 Å². The summed E-state index contributed by atoms with van der Waals surface area (Å²) in [5.74, 6) is 1.06. The average molecular weight is 313 g/mol. The van der Waals surface area contributed by atoms with Crippen LogP contribution < -0.4 is 10.1 Å². The molecule has 0 aliphatic heterocycles. The Bertz CT molecular complexity index is 559. The molecule has 0 aromatic heterocycles. The molecular weight excluding hydrogens is 295 g/mol. The standard InChI is InChI=1S/C16H18F3NO2/c17-16(18,19)12-2-1-3-13(8-12)22-9-15(21)20-14-7-10-4-5-11(14)6-10/h1-3,8,10-11,14H,4-7,9H2,(H,20,21). The summed E-state index contributed by atoms with van der Waals surface area (Å²) in [5, 5.41) is 2.94. The highest BCUT2D eigenvalue weighted by atomic mass is 19.4. The number of amides is 1. The van der Waals surface area contributed by atoms with Crippen molar-refractivity contribution in [2.45, 2.75) is 37.9 Å². The molecule has 0 heterocycles. The number of carbonyl (C=O) groups excluding carboxylic acids is 1. The predicted octanol–water partition coefficient (Wildman–Crippen LogP) is 3.39. The summed E-state index contributed by atoms with van der Waals surface area (Å²) in [5.41, 5.74) is -0.779. The Balaban J connectivity index is 1.51.